The van der Waals surface area contributed by atoms with Gasteiger partial charge in [0.05, 0.1) is 12.5 Å². The molecule has 0 saturated carbocycles. The van der Waals surface area contributed by atoms with Crippen molar-refractivity contribution in [2.24, 2.45) is 0 Å². The van der Waals surface area contributed by atoms with E-state index in [2.05, 4.69) is 10.3 Å². The zero-order valence-electron chi connectivity index (χ0n) is 12.5. The minimum absolute atomic E-state index is 0.00204. The number of methoxy groups -OCH3 is 1. The molecule has 2 aromatic rings. The standard InChI is InChI=1S/C15H15F2N3O3/c1-3-20-8-18-7-12(15(20)22)19-14(21)13(23-2)9-4-10(16)6-11(17)5-9/h4-8,13H,3H2,1-2H3,(H,19,21). The van der Waals surface area contributed by atoms with Crippen LogP contribution in [-0.2, 0) is 16.1 Å². The van der Waals surface area contributed by atoms with Crippen LogP contribution in [0.5, 0.6) is 0 Å². The summed E-state index contributed by atoms with van der Waals surface area (Å²) in [5.74, 6) is -2.39. The zero-order chi connectivity index (χ0) is 17.0. The molecule has 0 spiro atoms. The number of rotatable bonds is 5. The van der Waals surface area contributed by atoms with E-state index in [4.69, 9.17) is 4.74 Å². The van der Waals surface area contributed by atoms with Crippen molar-refractivity contribution < 1.29 is 18.3 Å². The average Bonchev–Trinajstić information content (AvgIpc) is 2.49. The topological polar surface area (TPSA) is 73.2 Å². The number of carbonyl (C=O) groups excluding carboxylic acids is 1. The first-order valence-electron chi connectivity index (χ1n) is 6.80. The van der Waals surface area contributed by atoms with Crippen LogP contribution in [0.1, 0.15) is 18.6 Å². The summed E-state index contributed by atoms with van der Waals surface area (Å²) in [6, 6.07) is 2.67. The monoisotopic (exact) mass is 323 g/mol. The van der Waals surface area contributed by atoms with Gasteiger partial charge in [0.2, 0.25) is 0 Å². The molecule has 8 heteroatoms. The van der Waals surface area contributed by atoms with Crippen molar-refractivity contribution in [1.29, 1.82) is 0 Å². The van der Waals surface area contributed by atoms with Crippen LogP contribution in [0.3, 0.4) is 0 Å². The van der Waals surface area contributed by atoms with E-state index in [0.717, 1.165) is 12.1 Å². The first kappa shape index (κ1) is 16.8. The Morgan fingerprint density at radius 2 is 2.00 bits per heavy atom. The Morgan fingerprint density at radius 3 is 2.57 bits per heavy atom. The van der Waals surface area contributed by atoms with E-state index in [-0.39, 0.29) is 11.3 Å². The molecular weight excluding hydrogens is 308 g/mol. The number of aryl methyl sites for hydroxylation is 1. The number of hydrogen-bond acceptors (Lipinski definition) is 4. The van der Waals surface area contributed by atoms with Crippen LogP contribution in [-0.4, -0.2) is 22.6 Å². The Hall–Kier alpha value is -2.61. The van der Waals surface area contributed by atoms with Gasteiger partial charge in [0, 0.05) is 19.7 Å². The van der Waals surface area contributed by atoms with Gasteiger partial charge in [-0.2, -0.15) is 0 Å². The number of carbonyl (C=O) groups is 1. The SMILES string of the molecule is CCn1cncc(NC(=O)C(OC)c2cc(F)cc(F)c2)c1=O. The fourth-order valence-electron chi connectivity index (χ4n) is 2.08. The molecule has 0 bridgehead atoms. The second-order valence-electron chi connectivity index (χ2n) is 4.71. The Bertz CT molecular complexity index is 757. The van der Waals surface area contributed by atoms with Gasteiger partial charge in [-0.25, -0.2) is 13.8 Å². The van der Waals surface area contributed by atoms with Crippen LogP contribution in [0.2, 0.25) is 0 Å². The summed E-state index contributed by atoms with van der Waals surface area (Å²) in [7, 11) is 1.22. The van der Waals surface area contributed by atoms with Crippen LogP contribution in [0.15, 0.2) is 35.5 Å². The second-order valence-corrected chi connectivity index (χ2v) is 4.71. The van der Waals surface area contributed by atoms with E-state index < -0.39 is 29.2 Å². The summed E-state index contributed by atoms with van der Waals surface area (Å²) in [6.45, 7) is 2.14. The maximum atomic E-state index is 13.3. The smallest absolute Gasteiger partial charge is 0.277 e. The van der Waals surface area contributed by atoms with Gasteiger partial charge in [0.1, 0.15) is 17.3 Å². The molecule has 2 rings (SSSR count). The van der Waals surface area contributed by atoms with Gasteiger partial charge >= 0.3 is 0 Å². The maximum Gasteiger partial charge on any atom is 0.277 e. The van der Waals surface area contributed by atoms with Gasteiger partial charge in [-0.15, -0.1) is 0 Å². The van der Waals surface area contributed by atoms with Crippen molar-refractivity contribution in [2.75, 3.05) is 12.4 Å². The zero-order valence-corrected chi connectivity index (χ0v) is 12.5. The molecule has 1 N–H and O–H groups in total. The molecule has 1 aromatic heterocycles. The number of nitrogens with one attached hydrogen (secondary N) is 1. The molecular formula is C15H15F2N3O3. The highest BCUT2D eigenvalue weighted by Gasteiger charge is 2.22. The largest absolute Gasteiger partial charge is 0.367 e. The Labute approximate surface area is 130 Å². The van der Waals surface area contributed by atoms with Crippen molar-refractivity contribution in [3.8, 4) is 0 Å². The Kier molecular flexibility index (Phi) is 5.17. The lowest BCUT2D eigenvalue weighted by Gasteiger charge is -2.16. The third-order valence-electron chi connectivity index (χ3n) is 3.16. The molecule has 1 aromatic carbocycles. The predicted octanol–water partition coefficient (Wildman–Crippen LogP) is 1.87. The molecule has 1 amide bonds. The van der Waals surface area contributed by atoms with Gasteiger partial charge in [0.25, 0.3) is 11.5 Å². The Balaban J connectivity index is 2.29. The van der Waals surface area contributed by atoms with Crippen LogP contribution >= 0.6 is 0 Å². The van der Waals surface area contributed by atoms with E-state index in [9.17, 15) is 18.4 Å². The van der Waals surface area contributed by atoms with Gasteiger partial charge in [-0.1, -0.05) is 0 Å². The fraction of sp³-hybridized carbons (Fsp3) is 0.267. The van der Waals surface area contributed by atoms with Gasteiger partial charge in [-0.3, -0.25) is 14.2 Å². The summed E-state index contributed by atoms with van der Waals surface area (Å²) < 4.78 is 32.9. The summed E-state index contributed by atoms with van der Waals surface area (Å²) in [5.41, 5.74) is -0.475. The first-order valence-corrected chi connectivity index (χ1v) is 6.80. The highest BCUT2D eigenvalue weighted by molar-refractivity contribution is 5.94. The molecule has 0 radical (unpaired) electrons. The van der Waals surface area contributed by atoms with E-state index in [1.54, 1.807) is 6.92 Å². The van der Waals surface area contributed by atoms with Gasteiger partial charge in [-0.05, 0) is 24.6 Å². The highest BCUT2D eigenvalue weighted by Crippen LogP contribution is 2.20. The number of ether oxygens (including phenoxy) is 1. The quantitative estimate of drug-likeness (QED) is 0.911. The van der Waals surface area contributed by atoms with Crippen molar-refractivity contribution in [3.05, 3.63) is 58.3 Å². The molecule has 1 unspecified atom stereocenters. The molecule has 1 heterocycles. The summed E-state index contributed by atoms with van der Waals surface area (Å²) in [5, 5.41) is 2.37. The van der Waals surface area contributed by atoms with E-state index in [1.807, 2.05) is 0 Å². The number of benzene rings is 1. The average molecular weight is 323 g/mol. The van der Waals surface area contributed by atoms with E-state index >= 15 is 0 Å². The number of nitrogens with zero attached hydrogens (tertiary/aromatic N) is 2. The van der Waals surface area contributed by atoms with Crippen LogP contribution in [0, 0.1) is 11.6 Å². The molecule has 23 heavy (non-hydrogen) atoms. The lowest BCUT2D eigenvalue weighted by Crippen LogP contribution is -2.29. The van der Waals surface area contributed by atoms with E-state index in [1.165, 1.54) is 24.2 Å². The summed E-state index contributed by atoms with van der Waals surface area (Å²) in [6.07, 6.45) is 1.27. The number of anilines is 1. The predicted molar refractivity (Wildman–Crippen MR) is 78.9 cm³/mol. The van der Waals surface area contributed by atoms with Crippen molar-refractivity contribution in [3.63, 3.8) is 0 Å². The highest BCUT2D eigenvalue weighted by atomic mass is 19.1. The molecule has 0 aliphatic rings. The Morgan fingerprint density at radius 1 is 1.35 bits per heavy atom. The van der Waals surface area contributed by atoms with Crippen LogP contribution < -0.4 is 10.9 Å². The lowest BCUT2D eigenvalue weighted by atomic mass is 10.1. The third-order valence-corrected chi connectivity index (χ3v) is 3.16. The normalized spacial score (nSPS) is 12.0. The minimum Gasteiger partial charge on any atom is -0.367 e. The molecule has 0 fully saturated rings. The minimum atomic E-state index is -1.27. The van der Waals surface area contributed by atoms with Crippen LogP contribution in [0.4, 0.5) is 14.5 Å². The molecule has 6 nitrogen and oxygen atoms in total. The third kappa shape index (κ3) is 3.78. The molecule has 1 atom stereocenters. The van der Waals surface area contributed by atoms with E-state index in [0.29, 0.717) is 12.6 Å². The number of amides is 1. The number of hydrogen-bond donors (Lipinski definition) is 1. The summed E-state index contributed by atoms with van der Waals surface area (Å²) in [4.78, 5) is 28.1. The van der Waals surface area contributed by atoms with Crippen molar-refractivity contribution >= 4 is 11.6 Å². The molecule has 0 aliphatic carbocycles. The second kappa shape index (κ2) is 7.10. The lowest BCUT2D eigenvalue weighted by molar-refractivity contribution is -0.126. The molecule has 122 valence electrons. The van der Waals surface area contributed by atoms with Crippen molar-refractivity contribution in [2.45, 2.75) is 19.6 Å². The number of halogens is 2. The first-order chi connectivity index (χ1) is 11.0. The van der Waals surface area contributed by atoms with Crippen LogP contribution in [0.25, 0.3) is 0 Å². The number of aromatic nitrogens is 2. The fourth-order valence-corrected chi connectivity index (χ4v) is 2.08. The molecule has 0 saturated heterocycles. The molecule has 0 aliphatic heterocycles. The summed E-state index contributed by atoms with van der Waals surface area (Å²) >= 11 is 0. The van der Waals surface area contributed by atoms with Gasteiger partial charge < -0.3 is 10.1 Å². The van der Waals surface area contributed by atoms with Gasteiger partial charge in [0.15, 0.2) is 6.10 Å². The maximum absolute atomic E-state index is 13.3. The van der Waals surface area contributed by atoms with Crippen molar-refractivity contribution in [1.82, 2.24) is 9.55 Å².